The van der Waals surface area contributed by atoms with Crippen LogP contribution in [0.15, 0.2) is 35.4 Å². The maximum atomic E-state index is 11.4. The number of aromatic nitrogens is 5. The fourth-order valence-corrected chi connectivity index (χ4v) is 3.78. The van der Waals surface area contributed by atoms with Crippen LogP contribution in [-0.2, 0) is 17.1 Å². The number of allylic oxidation sites excluding steroid dienone is 4. The highest BCUT2D eigenvalue weighted by Crippen LogP contribution is 2.32. The number of sulfonamides is 1. The fourth-order valence-electron chi connectivity index (χ4n) is 2.87. The Kier molecular flexibility index (Phi) is 4.25. The van der Waals surface area contributed by atoms with Crippen molar-refractivity contribution in [1.82, 2.24) is 25.0 Å². The molecule has 0 saturated heterocycles. The van der Waals surface area contributed by atoms with Gasteiger partial charge in [0.2, 0.25) is 16.0 Å². The topological polar surface area (TPSA) is 132 Å². The molecule has 4 N–H and O–H groups in total. The van der Waals surface area contributed by atoms with Crippen LogP contribution in [-0.4, -0.2) is 33.4 Å². The molecule has 2 aromatic heterocycles. The summed E-state index contributed by atoms with van der Waals surface area (Å²) >= 11 is 6.43. The van der Waals surface area contributed by atoms with Gasteiger partial charge in [0.25, 0.3) is 0 Å². The van der Waals surface area contributed by atoms with Crippen LogP contribution in [0.1, 0.15) is 18.7 Å². The minimum absolute atomic E-state index is 0.209. The zero-order chi connectivity index (χ0) is 19.2. The second kappa shape index (κ2) is 6.48. The highest BCUT2D eigenvalue weighted by molar-refractivity contribution is 7.93. The average molecular weight is 406 g/mol. The summed E-state index contributed by atoms with van der Waals surface area (Å²) in [5.41, 5.74) is 2.36. The standard InChI is InChI=1S/C16H16ClN7O2S/c1-24-16(20-13-7-6-12-11(14(13)17)8-19-22-12)21-15(23-24)9-2-4-10(5-3-9)27(18,25)26/h2,4,6-8H,3,5H2,1H3,(H,19,22)(H2,18,25,26)(H,20,21,23). The first-order chi connectivity index (χ1) is 12.8. The molecule has 2 heterocycles. The Morgan fingerprint density at radius 2 is 2.11 bits per heavy atom. The van der Waals surface area contributed by atoms with Crippen molar-refractivity contribution in [3.8, 4) is 0 Å². The number of benzene rings is 1. The van der Waals surface area contributed by atoms with E-state index in [0.29, 0.717) is 35.3 Å². The van der Waals surface area contributed by atoms with E-state index in [1.807, 2.05) is 12.1 Å². The molecule has 11 heteroatoms. The molecule has 0 aliphatic heterocycles. The summed E-state index contributed by atoms with van der Waals surface area (Å²) in [5.74, 6) is 1.03. The molecular weight excluding hydrogens is 390 g/mol. The first-order valence-electron chi connectivity index (χ1n) is 8.05. The Bertz CT molecular complexity index is 1210. The number of anilines is 2. The van der Waals surface area contributed by atoms with E-state index in [1.54, 1.807) is 24.0 Å². The summed E-state index contributed by atoms with van der Waals surface area (Å²) < 4.78 is 24.4. The minimum Gasteiger partial charge on any atom is -0.323 e. The van der Waals surface area contributed by atoms with Crippen LogP contribution in [0.2, 0.25) is 5.02 Å². The third-order valence-corrected chi connectivity index (χ3v) is 5.81. The SMILES string of the molecule is Cn1nc(C2=CC=C(S(N)(=O)=O)CC2)nc1Nc1ccc2[nH]ncc2c1Cl. The number of hydrogen-bond acceptors (Lipinski definition) is 6. The van der Waals surface area contributed by atoms with Crippen molar-refractivity contribution in [2.75, 3.05) is 5.32 Å². The van der Waals surface area contributed by atoms with Crippen LogP contribution in [0.4, 0.5) is 11.6 Å². The van der Waals surface area contributed by atoms with Gasteiger partial charge >= 0.3 is 0 Å². The molecule has 0 bridgehead atoms. The number of primary sulfonamides is 1. The molecule has 27 heavy (non-hydrogen) atoms. The van der Waals surface area contributed by atoms with Crippen molar-refractivity contribution in [2.24, 2.45) is 12.2 Å². The van der Waals surface area contributed by atoms with Crippen molar-refractivity contribution < 1.29 is 8.42 Å². The molecule has 3 aromatic rings. The molecule has 1 aromatic carbocycles. The fraction of sp³-hybridized carbons (Fsp3) is 0.188. The number of hydrogen-bond donors (Lipinski definition) is 3. The van der Waals surface area contributed by atoms with Crippen LogP contribution in [0.25, 0.3) is 16.5 Å². The number of nitrogens with one attached hydrogen (secondary N) is 2. The largest absolute Gasteiger partial charge is 0.323 e. The van der Waals surface area contributed by atoms with Gasteiger partial charge in [-0.1, -0.05) is 17.7 Å². The Morgan fingerprint density at radius 1 is 1.30 bits per heavy atom. The molecule has 0 fully saturated rings. The number of aryl methyl sites for hydroxylation is 1. The van der Waals surface area contributed by atoms with Crippen molar-refractivity contribution >= 4 is 49.7 Å². The molecule has 0 atom stereocenters. The number of rotatable bonds is 4. The molecule has 1 aliphatic rings. The van der Waals surface area contributed by atoms with Gasteiger partial charge in [0.15, 0.2) is 5.82 Å². The number of nitrogens with two attached hydrogens (primary N) is 1. The van der Waals surface area contributed by atoms with Gasteiger partial charge in [-0.2, -0.15) is 10.1 Å². The lowest BCUT2D eigenvalue weighted by atomic mass is 10.0. The van der Waals surface area contributed by atoms with Crippen molar-refractivity contribution in [3.63, 3.8) is 0 Å². The Hall–Kier alpha value is -2.69. The van der Waals surface area contributed by atoms with Crippen LogP contribution < -0.4 is 10.5 Å². The number of aromatic amines is 1. The van der Waals surface area contributed by atoms with Gasteiger partial charge < -0.3 is 5.32 Å². The second-order valence-corrected chi connectivity index (χ2v) is 8.13. The van der Waals surface area contributed by atoms with E-state index >= 15 is 0 Å². The first kappa shape index (κ1) is 17.7. The van der Waals surface area contributed by atoms with Crippen molar-refractivity contribution in [1.29, 1.82) is 0 Å². The van der Waals surface area contributed by atoms with Gasteiger partial charge in [-0.3, -0.25) is 5.10 Å². The molecule has 0 spiro atoms. The quantitative estimate of drug-likeness (QED) is 0.610. The molecule has 140 valence electrons. The predicted molar refractivity (Wildman–Crippen MR) is 104 cm³/mol. The van der Waals surface area contributed by atoms with Gasteiger partial charge in [0.05, 0.1) is 27.3 Å². The van der Waals surface area contributed by atoms with E-state index in [1.165, 1.54) is 6.08 Å². The summed E-state index contributed by atoms with van der Waals surface area (Å²) in [5, 5.41) is 20.9. The summed E-state index contributed by atoms with van der Waals surface area (Å²) in [6.07, 6.45) is 5.67. The van der Waals surface area contributed by atoms with Gasteiger partial charge in [-0.25, -0.2) is 18.2 Å². The van der Waals surface area contributed by atoms with Crippen LogP contribution in [0.5, 0.6) is 0 Å². The number of halogens is 1. The van der Waals surface area contributed by atoms with E-state index in [0.717, 1.165) is 16.5 Å². The molecular formula is C16H16ClN7O2S. The monoisotopic (exact) mass is 405 g/mol. The number of nitrogens with zero attached hydrogens (tertiary/aromatic N) is 4. The van der Waals surface area contributed by atoms with E-state index < -0.39 is 10.0 Å². The highest BCUT2D eigenvalue weighted by Gasteiger charge is 2.19. The Labute approximate surface area is 160 Å². The normalized spacial score (nSPS) is 14.9. The van der Waals surface area contributed by atoms with Gasteiger partial charge in [-0.05, 0) is 36.6 Å². The molecule has 9 nitrogen and oxygen atoms in total. The molecule has 0 saturated carbocycles. The minimum atomic E-state index is -3.66. The molecule has 1 aliphatic carbocycles. The maximum Gasteiger partial charge on any atom is 0.234 e. The smallest absolute Gasteiger partial charge is 0.234 e. The van der Waals surface area contributed by atoms with Crippen molar-refractivity contribution in [3.05, 3.63) is 46.2 Å². The summed E-state index contributed by atoms with van der Waals surface area (Å²) in [6.45, 7) is 0. The van der Waals surface area contributed by atoms with Crippen LogP contribution >= 0.6 is 11.6 Å². The molecule has 0 radical (unpaired) electrons. The third-order valence-electron chi connectivity index (χ3n) is 4.33. The third kappa shape index (κ3) is 3.34. The van der Waals surface area contributed by atoms with E-state index in [4.69, 9.17) is 16.7 Å². The highest BCUT2D eigenvalue weighted by atomic mass is 35.5. The lowest BCUT2D eigenvalue weighted by molar-refractivity contribution is 0.601. The van der Waals surface area contributed by atoms with Crippen molar-refractivity contribution in [2.45, 2.75) is 12.8 Å². The lowest BCUT2D eigenvalue weighted by Crippen LogP contribution is -2.16. The summed E-state index contributed by atoms with van der Waals surface area (Å²) in [6, 6.07) is 3.70. The molecule has 0 amide bonds. The Balaban J connectivity index is 1.63. The first-order valence-corrected chi connectivity index (χ1v) is 9.98. The molecule has 4 rings (SSSR count). The lowest BCUT2D eigenvalue weighted by Gasteiger charge is -2.10. The summed E-state index contributed by atoms with van der Waals surface area (Å²) in [7, 11) is -1.90. The van der Waals surface area contributed by atoms with Gasteiger partial charge in [0.1, 0.15) is 0 Å². The molecule has 0 unspecified atom stereocenters. The van der Waals surface area contributed by atoms with E-state index in [2.05, 4.69) is 25.6 Å². The average Bonchev–Trinajstić information content (AvgIpc) is 3.24. The Morgan fingerprint density at radius 3 is 2.81 bits per heavy atom. The summed E-state index contributed by atoms with van der Waals surface area (Å²) in [4.78, 5) is 4.71. The van der Waals surface area contributed by atoms with Crippen LogP contribution in [0.3, 0.4) is 0 Å². The van der Waals surface area contributed by atoms with E-state index in [-0.39, 0.29) is 4.91 Å². The zero-order valence-corrected chi connectivity index (χ0v) is 15.8. The zero-order valence-electron chi connectivity index (χ0n) is 14.3. The maximum absolute atomic E-state index is 11.4. The van der Waals surface area contributed by atoms with Gasteiger partial charge in [0, 0.05) is 12.4 Å². The van der Waals surface area contributed by atoms with Crippen LogP contribution in [0, 0.1) is 0 Å². The number of H-pyrrole nitrogens is 1. The van der Waals surface area contributed by atoms with E-state index in [9.17, 15) is 8.42 Å². The van der Waals surface area contributed by atoms with Gasteiger partial charge in [-0.15, -0.1) is 5.10 Å². The predicted octanol–water partition coefficient (Wildman–Crippen LogP) is 2.44. The number of fused-ring (bicyclic) bond motifs is 1. The second-order valence-electron chi connectivity index (χ2n) is 6.14.